The van der Waals surface area contributed by atoms with Crippen LogP contribution in [0.3, 0.4) is 0 Å². The number of benzene rings is 2. The van der Waals surface area contributed by atoms with Crippen LogP contribution in [0.25, 0.3) is 0 Å². The Morgan fingerprint density at radius 3 is 1.96 bits per heavy atom. The van der Waals surface area contributed by atoms with Gasteiger partial charge in [0.25, 0.3) is 11.8 Å². The Labute approximate surface area is 163 Å². The molecule has 0 fully saturated rings. The van der Waals surface area contributed by atoms with Gasteiger partial charge >= 0.3 is 7.82 Å². The number of phosphoric acid groups is 1. The van der Waals surface area contributed by atoms with Crippen molar-refractivity contribution in [2.75, 3.05) is 13.2 Å². The summed E-state index contributed by atoms with van der Waals surface area (Å²) >= 11 is 0. The third kappa shape index (κ3) is 4.39. The Balaban J connectivity index is 1.70. The number of hydrogen-bond acceptors (Lipinski definition) is 6. The summed E-state index contributed by atoms with van der Waals surface area (Å²) in [6.07, 6.45) is 0. The molecule has 0 saturated heterocycles. The fraction of sp³-hybridized carbons (Fsp3) is 0.300. The average Bonchev–Trinajstić information content (AvgIpc) is 2.93. The number of rotatable bonds is 9. The zero-order chi connectivity index (χ0) is 20.1. The van der Waals surface area contributed by atoms with E-state index < -0.39 is 7.82 Å². The van der Waals surface area contributed by atoms with Gasteiger partial charge in [-0.15, -0.1) is 0 Å². The van der Waals surface area contributed by atoms with Gasteiger partial charge in [0.15, 0.2) is 0 Å². The fourth-order valence-corrected chi connectivity index (χ4v) is 4.13. The Kier molecular flexibility index (Phi) is 6.42. The number of hydrogen-bond donors (Lipinski definition) is 0. The lowest BCUT2D eigenvalue weighted by molar-refractivity contribution is 0.0642. The van der Waals surface area contributed by atoms with Crippen molar-refractivity contribution in [1.29, 1.82) is 0 Å². The van der Waals surface area contributed by atoms with Crippen LogP contribution in [0.2, 0.25) is 0 Å². The molecule has 1 aliphatic rings. The highest BCUT2D eigenvalue weighted by Crippen LogP contribution is 2.49. The molecule has 1 heterocycles. The van der Waals surface area contributed by atoms with Gasteiger partial charge in [-0.1, -0.05) is 36.4 Å². The number of carbonyl (C=O) groups is 2. The molecule has 0 bridgehead atoms. The molecular weight excluding hydrogens is 381 g/mol. The molecule has 7 nitrogen and oxygen atoms in total. The standard InChI is InChI=1S/C20H22NO6P/c1-3-25-28(24,26-4-2)27-14-16-9-7-8-15(12-16)13-21-19(22)17-10-5-6-11-18(17)20(21)23/h5-12H,3-4,13-14H2,1-2H3. The number of amides is 2. The van der Waals surface area contributed by atoms with Gasteiger partial charge < -0.3 is 0 Å². The minimum absolute atomic E-state index is 0.0211. The van der Waals surface area contributed by atoms with Gasteiger partial charge in [0.05, 0.1) is 37.5 Å². The monoisotopic (exact) mass is 403 g/mol. The smallest absolute Gasteiger partial charge is 0.287 e. The van der Waals surface area contributed by atoms with Crippen LogP contribution in [0.1, 0.15) is 45.7 Å². The molecule has 0 aromatic heterocycles. The highest BCUT2D eigenvalue weighted by atomic mass is 31.2. The van der Waals surface area contributed by atoms with Crippen LogP contribution in [0.4, 0.5) is 0 Å². The van der Waals surface area contributed by atoms with Crippen molar-refractivity contribution >= 4 is 19.6 Å². The minimum Gasteiger partial charge on any atom is -0.287 e. The average molecular weight is 403 g/mol. The van der Waals surface area contributed by atoms with Crippen molar-refractivity contribution in [3.8, 4) is 0 Å². The highest BCUT2D eigenvalue weighted by Gasteiger charge is 2.35. The summed E-state index contributed by atoms with van der Waals surface area (Å²) in [7, 11) is -3.61. The van der Waals surface area contributed by atoms with E-state index in [1.165, 1.54) is 4.90 Å². The zero-order valence-electron chi connectivity index (χ0n) is 15.8. The third-order valence-electron chi connectivity index (χ3n) is 4.17. The molecule has 0 atom stereocenters. The third-order valence-corrected chi connectivity index (χ3v) is 5.77. The predicted molar refractivity (Wildman–Crippen MR) is 103 cm³/mol. The van der Waals surface area contributed by atoms with Crippen molar-refractivity contribution in [3.05, 3.63) is 70.8 Å². The van der Waals surface area contributed by atoms with Crippen LogP contribution >= 0.6 is 7.82 Å². The maximum atomic E-state index is 12.5. The van der Waals surface area contributed by atoms with E-state index in [0.717, 1.165) is 11.1 Å². The SMILES string of the molecule is CCOP(=O)(OCC)OCc1cccc(CN2C(=O)c3ccccc3C2=O)c1. The molecule has 148 valence electrons. The molecule has 0 radical (unpaired) electrons. The van der Waals surface area contributed by atoms with Crippen LogP contribution in [-0.4, -0.2) is 29.9 Å². The van der Waals surface area contributed by atoms with Crippen LogP contribution in [0.5, 0.6) is 0 Å². The van der Waals surface area contributed by atoms with Gasteiger partial charge in [0.2, 0.25) is 0 Å². The largest absolute Gasteiger partial charge is 0.475 e. The molecule has 3 rings (SSSR count). The fourth-order valence-electron chi connectivity index (χ4n) is 2.96. The number of carbonyl (C=O) groups excluding carboxylic acids is 2. The van der Waals surface area contributed by atoms with E-state index in [2.05, 4.69) is 0 Å². The lowest BCUT2D eigenvalue weighted by Crippen LogP contribution is -2.29. The Morgan fingerprint density at radius 1 is 0.821 bits per heavy atom. The topological polar surface area (TPSA) is 82.1 Å². The summed E-state index contributed by atoms with van der Waals surface area (Å²) in [5.74, 6) is -0.612. The van der Waals surface area contributed by atoms with Crippen molar-refractivity contribution in [1.82, 2.24) is 4.90 Å². The Morgan fingerprint density at radius 2 is 1.39 bits per heavy atom. The van der Waals surface area contributed by atoms with Gasteiger partial charge in [-0.25, -0.2) is 4.57 Å². The van der Waals surface area contributed by atoms with Crippen LogP contribution in [0.15, 0.2) is 48.5 Å². The van der Waals surface area contributed by atoms with Crippen LogP contribution in [-0.2, 0) is 31.3 Å². The minimum atomic E-state index is -3.61. The molecular formula is C20H22NO6P. The zero-order valence-corrected chi connectivity index (χ0v) is 16.7. The van der Waals surface area contributed by atoms with Crippen molar-refractivity contribution in [2.24, 2.45) is 0 Å². The van der Waals surface area contributed by atoms with Crippen LogP contribution in [0, 0.1) is 0 Å². The first-order valence-electron chi connectivity index (χ1n) is 9.04. The normalized spacial score (nSPS) is 13.9. The highest BCUT2D eigenvalue weighted by molar-refractivity contribution is 7.48. The summed E-state index contributed by atoms with van der Waals surface area (Å²) in [6.45, 7) is 3.99. The second-order valence-electron chi connectivity index (χ2n) is 6.12. The molecule has 2 aromatic carbocycles. The summed E-state index contributed by atoms with van der Waals surface area (Å²) < 4.78 is 28.0. The van der Waals surface area contributed by atoms with Crippen molar-refractivity contribution < 1.29 is 27.7 Å². The molecule has 0 saturated carbocycles. The predicted octanol–water partition coefficient (Wildman–Crippen LogP) is 4.18. The number of phosphoric ester groups is 1. The maximum Gasteiger partial charge on any atom is 0.475 e. The Hall–Kier alpha value is -2.31. The summed E-state index contributed by atoms with van der Waals surface area (Å²) in [5.41, 5.74) is 2.33. The molecule has 0 N–H and O–H groups in total. The second kappa shape index (κ2) is 8.80. The summed E-state index contributed by atoms with van der Waals surface area (Å²) in [4.78, 5) is 26.2. The van der Waals surface area contributed by atoms with E-state index in [0.29, 0.717) is 11.1 Å². The van der Waals surface area contributed by atoms with Gasteiger partial charge in [0.1, 0.15) is 0 Å². The van der Waals surface area contributed by atoms with E-state index in [9.17, 15) is 14.2 Å². The summed E-state index contributed by atoms with van der Waals surface area (Å²) in [6, 6.07) is 14.0. The first kappa shape index (κ1) is 20.4. The quantitative estimate of drug-likeness (QED) is 0.461. The summed E-state index contributed by atoms with van der Waals surface area (Å²) in [5, 5.41) is 0. The maximum absolute atomic E-state index is 12.5. The van der Waals surface area contributed by atoms with E-state index in [4.69, 9.17) is 13.6 Å². The molecule has 0 spiro atoms. The molecule has 2 amide bonds. The lowest BCUT2D eigenvalue weighted by Gasteiger charge is -2.17. The molecule has 1 aliphatic heterocycles. The van der Waals surface area contributed by atoms with E-state index in [1.807, 2.05) is 6.07 Å². The van der Waals surface area contributed by atoms with E-state index in [-0.39, 0.29) is 38.2 Å². The first-order chi connectivity index (χ1) is 13.5. The first-order valence-corrected chi connectivity index (χ1v) is 10.5. The van der Waals surface area contributed by atoms with Gasteiger partial charge in [-0.05, 0) is 37.1 Å². The number of fused-ring (bicyclic) bond motifs is 1. The lowest BCUT2D eigenvalue weighted by atomic mass is 10.1. The molecule has 2 aromatic rings. The van der Waals surface area contributed by atoms with Crippen molar-refractivity contribution in [2.45, 2.75) is 27.0 Å². The van der Waals surface area contributed by atoms with Gasteiger partial charge in [-0.2, -0.15) is 0 Å². The van der Waals surface area contributed by atoms with Crippen LogP contribution < -0.4 is 0 Å². The Bertz CT molecular complexity index is 883. The molecule has 0 aliphatic carbocycles. The van der Waals surface area contributed by atoms with Crippen molar-refractivity contribution in [3.63, 3.8) is 0 Å². The number of imide groups is 1. The molecule has 8 heteroatoms. The second-order valence-corrected chi connectivity index (χ2v) is 7.79. The van der Waals surface area contributed by atoms with E-state index in [1.54, 1.807) is 56.3 Å². The van der Waals surface area contributed by atoms with E-state index >= 15 is 0 Å². The number of nitrogens with zero attached hydrogens (tertiary/aromatic N) is 1. The van der Waals surface area contributed by atoms with Gasteiger partial charge in [0, 0.05) is 0 Å². The van der Waals surface area contributed by atoms with Gasteiger partial charge in [-0.3, -0.25) is 28.1 Å². The molecule has 0 unspecified atom stereocenters. The molecule has 28 heavy (non-hydrogen) atoms.